The largest absolute Gasteiger partial charge is 4.00 e. The smallest absolute Gasteiger partial charge is 0.876 e. The van der Waals surface area contributed by atoms with E-state index < -0.39 is 0 Å². The summed E-state index contributed by atoms with van der Waals surface area (Å²) >= 11 is 0. The van der Waals surface area contributed by atoms with Gasteiger partial charge in [0.15, 0.2) is 11.6 Å². The Kier molecular flexibility index (Phi) is 43.9. The molecule has 0 aromatic carbocycles. The zero-order valence-electron chi connectivity index (χ0n) is 16.9. The van der Waals surface area contributed by atoms with Crippen molar-refractivity contribution in [3.05, 3.63) is 37.5 Å². The van der Waals surface area contributed by atoms with Crippen molar-refractivity contribution in [3.8, 4) is 0 Å². The summed E-state index contributed by atoms with van der Waals surface area (Å²) in [4.78, 5) is 20.0. The van der Waals surface area contributed by atoms with Gasteiger partial charge in [-0.05, 0) is 26.0 Å². The van der Waals surface area contributed by atoms with Crippen molar-refractivity contribution in [2.45, 2.75) is 80.1 Å². The number of ketones is 2. The van der Waals surface area contributed by atoms with E-state index in [4.69, 9.17) is 0 Å². The molecule has 25 heavy (non-hydrogen) atoms. The fourth-order valence-corrected chi connectivity index (χ4v) is 1.07. The second-order valence-corrected chi connectivity index (χ2v) is 5.15. The summed E-state index contributed by atoms with van der Waals surface area (Å²) in [6, 6.07) is 0. The molecule has 5 heteroatoms. The summed E-state index contributed by atoms with van der Waals surface area (Å²) < 4.78 is 0. The minimum Gasteiger partial charge on any atom is -0.876 e. The van der Waals surface area contributed by atoms with Crippen molar-refractivity contribution in [2.75, 3.05) is 0 Å². The van der Waals surface area contributed by atoms with Crippen LogP contribution >= 0.6 is 0 Å². The molecule has 144 valence electrons. The third-order valence-corrected chi connectivity index (χ3v) is 2.02. The summed E-state index contributed by atoms with van der Waals surface area (Å²) in [5, 5.41) is 20.0. The normalized spacial score (nSPS) is 9.76. The van der Waals surface area contributed by atoms with E-state index in [1.807, 2.05) is 0 Å². The minimum absolute atomic E-state index is 0. The quantitative estimate of drug-likeness (QED) is 0.264. The maximum atomic E-state index is 9.98. The molecule has 0 aliphatic carbocycles. The van der Waals surface area contributed by atoms with Crippen LogP contribution in [0.3, 0.4) is 0 Å². The number of carbonyl (C=O) groups is 2. The van der Waals surface area contributed by atoms with E-state index in [0.29, 0.717) is 0 Å². The van der Waals surface area contributed by atoms with Crippen LogP contribution in [0.2, 0.25) is 0 Å². The molecule has 0 saturated heterocycles. The average molecular weight is 459 g/mol. The van der Waals surface area contributed by atoms with Crippen LogP contribution in [0, 0.1) is 13.8 Å². The molecule has 0 fully saturated rings. The van der Waals surface area contributed by atoms with Crippen molar-refractivity contribution in [1.82, 2.24) is 0 Å². The predicted molar refractivity (Wildman–Crippen MR) is 104 cm³/mol. The molecular weight excluding hydrogens is 423 g/mol. The molecule has 0 aliphatic heterocycles. The van der Waals surface area contributed by atoms with E-state index in [2.05, 4.69) is 27.7 Å². The molecule has 0 aromatic heterocycles. The van der Waals surface area contributed by atoms with Gasteiger partial charge < -0.3 is 24.1 Å². The van der Waals surface area contributed by atoms with Crippen LogP contribution in [0.15, 0.2) is 23.7 Å². The fourth-order valence-electron chi connectivity index (χ4n) is 1.07. The van der Waals surface area contributed by atoms with Gasteiger partial charge in [-0.25, -0.2) is 0 Å². The van der Waals surface area contributed by atoms with Gasteiger partial charge in [-0.3, -0.25) is 9.59 Å². The van der Waals surface area contributed by atoms with Gasteiger partial charge in [0.1, 0.15) is 0 Å². The Labute approximate surface area is 172 Å². The van der Waals surface area contributed by atoms with Crippen LogP contribution in [0.25, 0.3) is 0 Å². The maximum absolute atomic E-state index is 9.98. The number of allylic oxidation sites excluding steroid dienone is 4. The third-order valence-electron chi connectivity index (χ3n) is 2.02. The first-order chi connectivity index (χ1) is 11.1. The van der Waals surface area contributed by atoms with E-state index in [-0.39, 0.29) is 47.0 Å². The number of unbranched alkanes of at least 4 members (excludes halogenated alkanes) is 4. The van der Waals surface area contributed by atoms with Crippen molar-refractivity contribution in [3.63, 3.8) is 0 Å². The first-order valence-corrected chi connectivity index (χ1v) is 8.39. The van der Waals surface area contributed by atoms with Crippen LogP contribution in [0.4, 0.5) is 0 Å². The van der Waals surface area contributed by atoms with Gasteiger partial charge in [0.25, 0.3) is 0 Å². The molecule has 4 nitrogen and oxygen atoms in total. The van der Waals surface area contributed by atoms with Crippen LogP contribution < -0.4 is 10.2 Å². The van der Waals surface area contributed by atoms with Crippen LogP contribution in [0.5, 0.6) is 0 Å². The molecule has 0 spiro atoms. The molecule has 0 amide bonds. The van der Waals surface area contributed by atoms with E-state index in [1.54, 1.807) is 0 Å². The standard InChI is InChI=1S/2C5H8O2.2C5H11.Sn/c2*1-4(6)3-5(2)7;2*1-3-5-4-2;/h2*3,6H,1-2H3;2*1,3-5H2,2H3;/q;;2*-1;+4/p-2. The van der Waals surface area contributed by atoms with Gasteiger partial charge in [-0.15, -0.1) is 11.5 Å². The van der Waals surface area contributed by atoms with E-state index in [9.17, 15) is 19.8 Å². The molecule has 0 saturated carbocycles. The Hall–Kier alpha value is -0.781. The topological polar surface area (TPSA) is 80.3 Å². The van der Waals surface area contributed by atoms with Crippen LogP contribution in [-0.2, 0) is 9.59 Å². The van der Waals surface area contributed by atoms with Crippen molar-refractivity contribution in [2.24, 2.45) is 0 Å². The van der Waals surface area contributed by atoms with E-state index >= 15 is 0 Å². The molecule has 0 unspecified atom stereocenters. The summed E-state index contributed by atoms with van der Waals surface area (Å²) in [6.07, 6.45) is 9.42. The second kappa shape index (κ2) is 31.0. The van der Waals surface area contributed by atoms with Gasteiger partial charge in [0.2, 0.25) is 0 Å². The number of carbonyl (C=O) groups excluding carboxylic acids is 2. The molecule has 0 N–H and O–H groups in total. The first-order valence-electron chi connectivity index (χ1n) is 8.39. The molecule has 0 aliphatic rings. The van der Waals surface area contributed by atoms with Gasteiger partial charge in [-0.1, -0.05) is 53.4 Å². The Bertz CT molecular complexity index is 302. The zero-order valence-corrected chi connectivity index (χ0v) is 19.8. The Balaban J connectivity index is -0.0000000711. The Morgan fingerprint density at radius 1 is 0.760 bits per heavy atom. The van der Waals surface area contributed by atoms with Crippen molar-refractivity contribution >= 4 is 35.5 Å². The SMILES string of the molecule is CC(=O)C=C(C)[O-].CC(=O)C=C(C)[O-].[CH2-]CCCC.[CH2-]CCCC.[Sn+4]. The van der Waals surface area contributed by atoms with Crippen molar-refractivity contribution < 1.29 is 19.8 Å². The monoisotopic (exact) mass is 460 g/mol. The summed E-state index contributed by atoms with van der Waals surface area (Å²) in [5.74, 6) is -0.750. The minimum atomic E-state index is -0.187. The average Bonchev–Trinajstić information content (AvgIpc) is 2.39. The Morgan fingerprint density at radius 3 is 1.00 bits per heavy atom. The molecule has 0 aromatic rings. The Morgan fingerprint density at radius 2 is 1.00 bits per heavy atom. The van der Waals surface area contributed by atoms with E-state index in [0.717, 1.165) is 25.0 Å². The number of hydrogen-bond donors (Lipinski definition) is 0. The van der Waals surface area contributed by atoms with E-state index in [1.165, 1.54) is 53.4 Å². The molecule has 0 heterocycles. The first kappa shape index (κ1) is 35.3. The summed E-state index contributed by atoms with van der Waals surface area (Å²) in [6.45, 7) is 17.1. The van der Waals surface area contributed by atoms with Gasteiger partial charge in [0.05, 0.1) is 0 Å². The third kappa shape index (κ3) is 83.1. The maximum Gasteiger partial charge on any atom is 4.00 e. The van der Waals surface area contributed by atoms with Crippen LogP contribution in [-0.4, -0.2) is 35.5 Å². The van der Waals surface area contributed by atoms with Crippen molar-refractivity contribution in [1.29, 1.82) is 0 Å². The second-order valence-electron chi connectivity index (χ2n) is 5.15. The molecule has 0 radical (unpaired) electrons. The predicted octanol–water partition coefficient (Wildman–Crippen LogP) is 3.32. The molecule has 0 bridgehead atoms. The van der Waals surface area contributed by atoms with Gasteiger partial charge in [0, 0.05) is 0 Å². The number of hydrogen-bond acceptors (Lipinski definition) is 4. The van der Waals surface area contributed by atoms with Crippen LogP contribution in [0.1, 0.15) is 80.1 Å². The molecule has 0 atom stereocenters. The molecule has 0 rings (SSSR count). The van der Waals surface area contributed by atoms with Gasteiger partial charge in [-0.2, -0.15) is 12.8 Å². The fraction of sp³-hybridized carbons (Fsp3) is 0.600. The zero-order chi connectivity index (χ0) is 20.0. The summed E-state index contributed by atoms with van der Waals surface area (Å²) in [5.41, 5.74) is 0. The number of rotatable bonds is 6. The molecular formula is C20H36O4Sn. The van der Waals surface area contributed by atoms with Gasteiger partial charge >= 0.3 is 23.9 Å². The summed E-state index contributed by atoms with van der Waals surface area (Å²) in [7, 11) is 0.